The Balaban J connectivity index is 1.93. The molecule has 0 aliphatic carbocycles. The molecule has 36 heavy (non-hydrogen) atoms. The van der Waals surface area contributed by atoms with Crippen molar-refractivity contribution in [2.45, 2.75) is 52.3 Å². The zero-order valence-electron chi connectivity index (χ0n) is 21.9. The fourth-order valence-electron chi connectivity index (χ4n) is 4.47. The first kappa shape index (κ1) is 27.6. The maximum Gasteiger partial charge on any atom is 0.257 e. The number of amides is 2. The predicted molar refractivity (Wildman–Crippen MR) is 139 cm³/mol. The minimum atomic E-state index is -0.264. The van der Waals surface area contributed by atoms with Gasteiger partial charge in [-0.05, 0) is 49.1 Å². The maximum absolute atomic E-state index is 13.9. The van der Waals surface area contributed by atoms with Crippen molar-refractivity contribution in [1.82, 2.24) is 9.80 Å². The molecular formula is C28H38FN3O4. The predicted octanol–water partition coefficient (Wildman–Crippen LogP) is 4.57. The van der Waals surface area contributed by atoms with E-state index in [1.54, 1.807) is 49.4 Å². The van der Waals surface area contributed by atoms with Crippen LogP contribution >= 0.6 is 0 Å². The number of ether oxygens (including phenoxy) is 2. The molecule has 1 aliphatic heterocycles. The van der Waals surface area contributed by atoms with Gasteiger partial charge in [-0.3, -0.25) is 14.5 Å². The van der Waals surface area contributed by atoms with Gasteiger partial charge in [-0.2, -0.15) is 0 Å². The van der Waals surface area contributed by atoms with Crippen LogP contribution in [-0.2, 0) is 16.1 Å². The number of benzene rings is 2. The number of carbonyl (C=O) groups excluding carboxylic acids is 2. The SMILES string of the molecule is CCCC(=O)Nc1ccc2c(c1)OC[C@H](C)N(Cc1cccc(F)c1)C[C@@H](C)[C@@H](OC)CN(C)C2=O. The van der Waals surface area contributed by atoms with Crippen molar-refractivity contribution in [1.29, 1.82) is 0 Å². The number of methoxy groups -OCH3 is 1. The zero-order chi connectivity index (χ0) is 26.2. The highest BCUT2D eigenvalue weighted by Crippen LogP contribution is 2.27. The van der Waals surface area contributed by atoms with Crippen molar-refractivity contribution >= 4 is 17.5 Å². The number of hydrogen-bond donors (Lipinski definition) is 1. The monoisotopic (exact) mass is 499 g/mol. The van der Waals surface area contributed by atoms with Gasteiger partial charge in [-0.25, -0.2) is 4.39 Å². The fourth-order valence-corrected chi connectivity index (χ4v) is 4.47. The van der Waals surface area contributed by atoms with Crippen molar-refractivity contribution in [2.24, 2.45) is 5.92 Å². The van der Waals surface area contributed by atoms with E-state index < -0.39 is 0 Å². The number of fused-ring (bicyclic) bond motifs is 1. The van der Waals surface area contributed by atoms with Crippen molar-refractivity contribution in [2.75, 3.05) is 39.2 Å². The number of rotatable bonds is 6. The molecule has 7 nitrogen and oxygen atoms in total. The highest BCUT2D eigenvalue weighted by molar-refractivity contribution is 5.98. The molecule has 196 valence electrons. The molecule has 2 aromatic rings. The maximum atomic E-state index is 13.9. The highest BCUT2D eigenvalue weighted by atomic mass is 19.1. The normalized spacial score (nSPS) is 21.7. The Labute approximate surface area is 213 Å². The molecule has 1 N–H and O–H groups in total. The van der Waals surface area contributed by atoms with Crippen LogP contribution in [0.15, 0.2) is 42.5 Å². The van der Waals surface area contributed by atoms with Crippen LogP contribution in [0, 0.1) is 11.7 Å². The molecule has 0 saturated carbocycles. The van der Waals surface area contributed by atoms with E-state index in [0.717, 1.165) is 12.0 Å². The lowest BCUT2D eigenvalue weighted by molar-refractivity contribution is -0.116. The molecule has 0 spiro atoms. The van der Waals surface area contributed by atoms with E-state index >= 15 is 0 Å². The molecule has 3 atom stereocenters. The van der Waals surface area contributed by atoms with Gasteiger partial charge >= 0.3 is 0 Å². The van der Waals surface area contributed by atoms with Gasteiger partial charge in [0.1, 0.15) is 18.2 Å². The average Bonchev–Trinajstić information content (AvgIpc) is 2.84. The van der Waals surface area contributed by atoms with Gasteiger partial charge in [0.05, 0.1) is 11.7 Å². The summed E-state index contributed by atoms with van der Waals surface area (Å²) in [4.78, 5) is 29.3. The largest absolute Gasteiger partial charge is 0.491 e. The smallest absolute Gasteiger partial charge is 0.257 e. The summed E-state index contributed by atoms with van der Waals surface area (Å²) in [6.07, 6.45) is 0.980. The summed E-state index contributed by atoms with van der Waals surface area (Å²) in [6.45, 7) is 8.06. The van der Waals surface area contributed by atoms with Gasteiger partial charge in [0.25, 0.3) is 5.91 Å². The quantitative estimate of drug-likeness (QED) is 0.631. The lowest BCUT2D eigenvalue weighted by Crippen LogP contribution is -2.46. The minimum absolute atomic E-state index is 0.0355. The Morgan fingerprint density at radius 3 is 2.67 bits per heavy atom. The van der Waals surface area contributed by atoms with Crippen LogP contribution in [0.2, 0.25) is 0 Å². The van der Waals surface area contributed by atoms with E-state index in [1.165, 1.54) is 6.07 Å². The van der Waals surface area contributed by atoms with Crippen molar-refractivity contribution in [3.63, 3.8) is 0 Å². The third-order valence-electron chi connectivity index (χ3n) is 6.61. The first-order valence-corrected chi connectivity index (χ1v) is 12.5. The fraction of sp³-hybridized carbons (Fsp3) is 0.500. The Morgan fingerprint density at radius 2 is 1.97 bits per heavy atom. The van der Waals surface area contributed by atoms with Crippen LogP contribution in [0.1, 0.15) is 49.5 Å². The first-order chi connectivity index (χ1) is 17.2. The van der Waals surface area contributed by atoms with Crippen LogP contribution in [0.5, 0.6) is 5.75 Å². The molecule has 8 heteroatoms. The number of likely N-dealkylation sites (N-methyl/N-ethyl adjacent to an activating group) is 1. The number of nitrogens with one attached hydrogen (secondary N) is 1. The number of halogens is 1. The summed E-state index contributed by atoms with van der Waals surface area (Å²) < 4.78 is 25.9. The molecule has 1 heterocycles. The molecule has 0 saturated heterocycles. The van der Waals surface area contributed by atoms with Crippen LogP contribution in [0.25, 0.3) is 0 Å². The van der Waals surface area contributed by atoms with Crippen molar-refractivity contribution in [3.8, 4) is 5.75 Å². The Hall–Kier alpha value is -2.97. The Morgan fingerprint density at radius 1 is 1.19 bits per heavy atom. The number of anilines is 1. The topological polar surface area (TPSA) is 71.1 Å². The molecule has 0 bridgehead atoms. The number of carbonyl (C=O) groups is 2. The lowest BCUT2D eigenvalue weighted by atomic mass is 10.0. The number of hydrogen-bond acceptors (Lipinski definition) is 5. The Kier molecular flexibility index (Phi) is 9.84. The van der Waals surface area contributed by atoms with E-state index in [4.69, 9.17) is 9.47 Å². The summed E-state index contributed by atoms with van der Waals surface area (Å²) in [5.74, 6) is 0.00836. The summed E-state index contributed by atoms with van der Waals surface area (Å²) >= 11 is 0. The van der Waals surface area contributed by atoms with Gasteiger partial charge in [0.15, 0.2) is 0 Å². The molecule has 2 amide bonds. The lowest BCUT2D eigenvalue weighted by Gasteiger charge is -2.36. The second-order valence-electron chi connectivity index (χ2n) is 9.67. The summed E-state index contributed by atoms with van der Waals surface area (Å²) in [7, 11) is 3.41. The van der Waals surface area contributed by atoms with Gasteiger partial charge in [0, 0.05) is 58.0 Å². The molecule has 0 aromatic heterocycles. The summed E-state index contributed by atoms with van der Waals surface area (Å²) in [5.41, 5.74) is 1.89. The van der Waals surface area contributed by atoms with Gasteiger partial charge in [-0.15, -0.1) is 0 Å². The molecule has 2 aromatic carbocycles. The first-order valence-electron chi connectivity index (χ1n) is 12.5. The molecule has 3 rings (SSSR count). The standard InChI is InChI=1S/C28H38FN3O4/c1-6-8-27(33)30-23-11-12-24-25(14-23)36-18-20(3)32(16-21-9-7-10-22(29)13-21)15-19(2)26(35-5)17-31(4)28(24)34/h7,9-14,19-20,26H,6,8,15-18H2,1-5H3,(H,30,33)/t19-,20+,26+/m1/s1. The van der Waals surface area contributed by atoms with E-state index in [2.05, 4.69) is 24.1 Å². The van der Waals surface area contributed by atoms with Crippen LogP contribution in [-0.4, -0.2) is 67.6 Å². The minimum Gasteiger partial charge on any atom is -0.491 e. The molecular weight excluding hydrogens is 461 g/mol. The number of nitrogens with zero attached hydrogens (tertiary/aromatic N) is 2. The molecule has 0 unspecified atom stereocenters. The van der Waals surface area contributed by atoms with E-state index in [1.807, 2.05) is 13.0 Å². The van der Waals surface area contributed by atoms with Crippen molar-refractivity contribution in [3.05, 3.63) is 59.4 Å². The van der Waals surface area contributed by atoms with Crippen LogP contribution < -0.4 is 10.1 Å². The Bertz CT molecular complexity index is 1050. The molecule has 1 aliphatic rings. The molecule has 0 radical (unpaired) electrons. The second kappa shape index (κ2) is 12.8. The summed E-state index contributed by atoms with van der Waals surface area (Å²) in [5, 5.41) is 2.88. The zero-order valence-corrected chi connectivity index (χ0v) is 21.9. The second-order valence-corrected chi connectivity index (χ2v) is 9.67. The third-order valence-corrected chi connectivity index (χ3v) is 6.61. The van der Waals surface area contributed by atoms with Gasteiger partial charge in [-0.1, -0.05) is 26.0 Å². The highest BCUT2D eigenvalue weighted by Gasteiger charge is 2.28. The third kappa shape index (κ3) is 7.27. The average molecular weight is 500 g/mol. The summed E-state index contributed by atoms with van der Waals surface area (Å²) in [6, 6.07) is 11.7. The van der Waals surface area contributed by atoms with Crippen LogP contribution in [0.4, 0.5) is 10.1 Å². The van der Waals surface area contributed by atoms with Crippen LogP contribution in [0.3, 0.4) is 0 Å². The molecule has 0 fully saturated rings. The van der Waals surface area contributed by atoms with E-state index in [0.29, 0.717) is 49.7 Å². The van der Waals surface area contributed by atoms with E-state index in [-0.39, 0.29) is 35.7 Å². The van der Waals surface area contributed by atoms with Crippen molar-refractivity contribution < 1.29 is 23.5 Å². The van der Waals surface area contributed by atoms with Gasteiger partial charge in [0.2, 0.25) is 5.91 Å². The van der Waals surface area contributed by atoms with Gasteiger partial charge < -0.3 is 19.7 Å². The van der Waals surface area contributed by atoms with E-state index in [9.17, 15) is 14.0 Å².